The van der Waals surface area contributed by atoms with Crippen LogP contribution in [0, 0.1) is 5.82 Å². The number of hydrogen-bond acceptors (Lipinski definition) is 4. The van der Waals surface area contributed by atoms with Crippen LogP contribution in [0.4, 0.5) is 4.39 Å². The van der Waals surface area contributed by atoms with Crippen LogP contribution >= 0.6 is 11.8 Å². The first-order chi connectivity index (χ1) is 14.7. The van der Waals surface area contributed by atoms with Crippen LogP contribution in [-0.2, 0) is 0 Å². The minimum atomic E-state index is -0.292. The van der Waals surface area contributed by atoms with Crippen LogP contribution in [0.3, 0.4) is 0 Å². The van der Waals surface area contributed by atoms with Gasteiger partial charge in [0.15, 0.2) is 11.6 Å². The summed E-state index contributed by atoms with van der Waals surface area (Å²) in [6.07, 6.45) is 5.92. The number of piperidine rings is 2. The molecule has 4 nitrogen and oxygen atoms in total. The van der Waals surface area contributed by atoms with Gasteiger partial charge in [0.1, 0.15) is 6.10 Å². The minimum Gasteiger partial charge on any atom is -0.487 e. The lowest BCUT2D eigenvalue weighted by molar-refractivity contribution is 0.0415. The van der Waals surface area contributed by atoms with Gasteiger partial charge in [-0.2, -0.15) is 0 Å². The molecule has 4 rings (SSSR count). The molecule has 2 aromatic carbocycles. The lowest BCUT2D eigenvalue weighted by atomic mass is 9.98. The number of ether oxygens (including phenoxy) is 1. The Bertz CT molecular complexity index is 862. The fourth-order valence-electron chi connectivity index (χ4n) is 4.50. The van der Waals surface area contributed by atoms with Crippen LogP contribution in [-0.4, -0.2) is 60.3 Å². The third-order valence-electron chi connectivity index (χ3n) is 6.21. The molecule has 1 amide bonds. The summed E-state index contributed by atoms with van der Waals surface area (Å²) in [6.45, 7) is 3.54. The Kier molecular flexibility index (Phi) is 6.95. The van der Waals surface area contributed by atoms with Gasteiger partial charge in [-0.25, -0.2) is 4.39 Å². The van der Waals surface area contributed by atoms with Crippen molar-refractivity contribution in [2.24, 2.45) is 0 Å². The normalized spacial score (nSPS) is 19.1. The number of nitrogens with zero attached hydrogens (tertiary/aromatic N) is 2. The first-order valence-electron chi connectivity index (χ1n) is 10.7. The molecular weight excluding hydrogens is 399 g/mol. The molecule has 0 radical (unpaired) electrons. The van der Waals surface area contributed by atoms with E-state index < -0.39 is 0 Å². The Hall–Kier alpha value is -2.05. The van der Waals surface area contributed by atoms with Crippen molar-refractivity contribution in [2.75, 3.05) is 32.4 Å². The number of halogens is 1. The molecule has 0 spiro atoms. The Morgan fingerprint density at radius 1 is 0.967 bits per heavy atom. The fraction of sp³-hybridized carbons (Fsp3) is 0.458. The third-order valence-corrected chi connectivity index (χ3v) is 7.01. The van der Waals surface area contributed by atoms with E-state index in [-0.39, 0.29) is 17.8 Å². The smallest absolute Gasteiger partial charge is 0.254 e. The largest absolute Gasteiger partial charge is 0.487 e. The maximum absolute atomic E-state index is 13.8. The molecule has 160 valence electrons. The monoisotopic (exact) mass is 428 g/mol. The van der Waals surface area contributed by atoms with Crippen LogP contribution < -0.4 is 4.74 Å². The summed E-state index contributed by atoms with van der Waals surface area (Å²) in [5.41, 5.74) is 0.814. The highest BCUT2D eigenvalue weighted by Gasteiger charge is 2.31. The van der Waals surface area contributed by atoms with Crippen LogP contribution in [0.25, 0.3) is 0 Å². The number of amides is 1. The van der Waals surface area contributed by atoms with Crippen molar-refractivity contribution < 1.29 is 13.9 Å². The number of rotatable bonds is 5. The number of benzene rings is 2. The van der Waals surface area contributed by atoms with Gasteiger partial charge < -0.3 is 9.64 Å². The van der Waals surface area contributed by atoms with Crippen molar-refractivity contribution in [1.82, 2.24) is 9.80 Å². The third kappa shape index (κ3) is 4.81. The zero-order valence-electron chi connectivity index (χ0n) is 17.4. The second-order valence-electron chi connectivity index (χ2n) is 8.01. The van der Waals surface area contributed by atoms with Gasteiger partial charge in [-0.1, -0.05) is 24.3 Å². The van der Waals surface area contributed by atoms with Gasteiger partial charge in [0, 0.05) is 37.1 Å². The molecule has 2 aliphatic heterocycles. The molecule has 2 aromatic rings. The number of likely N-dealkylation sites (tertiary alicyclic amines) is 2. The molecular formula is C24H29FN2O2S. The van der Waals surface area contributed by atoms with Crippen LogP contribution in [0.5, 0.6) is 5.75 Å². The highest BCUT2D eigenvalue weighted by Crippen LogP contribution is 2.27. The summed E-state index contributed by atoms with van der Waals surface area (Å²) in [5, 5.41) is 0. The van der Waals surface area contributed by atoms with Crippen molar-refractivity contribution >= 4 is 17.7 Å². The minimum absolute atomic E-state index is 0.0721. The first-order valence-corrected chi connectivity index (χ1v) is 12.0. The number of thioether (sulfide) groups is 1. The average Bonchev–Trinajstić information content (AvgIpc) is 2.81. The Balaban J connectivity index is 1.26. The van der Waals surface area contributed by atoms with Gasteiger partial charge in [0.25, 0.3) is 5.91 Å². The topological polar surface area (TPSA) is 32.8 Å². The van der Waals surface area contributed by atoms with Gasteiger partial charge in [-0.15, -0.1) is 11.8 Å². The van der Waals surface area contributed by atoms with Gasteiger partial charge in [0.2, 0.25) is 0 Å². The highest BCUT2D eigenvalue weighted by atomic mass is 32.2. The maximum atomic E-state index is 13.8. The summed E-state index contributed by atoms with van der Waals surface area (Å²) in [4.78, 5) is 18.5. The van der Waals surface area contributed by atoms with Crippen molar-refractivity contribution in [3.05, 3.63) is 59.9 Å². The quantitative estimate of drug-likeness (QED) is 0.647. The van der Waals surface area contributed by atoms with Crippen molar-refractivity contribution in [2.45, 2.75) is 42.7 Å². The maximum Gasteiger partial charge on any atom is 0.254 e. The Morgan fingerprint density at radius 3 is 2.33 bits per heavy atom. The summed E-state index contributed by atoms with van der Waals surface area (Å²) in [7, 11) is 0. The van der Waals surface area contributed by atoms with E-state index in [4.69, 9.17) is 4.74 Å². The molecule has 2 aliphatic rings. The lowest BCUT2D eigenvalue weighted by Crippen LogP contribution is -2.50. The van der Waals surface area contributed by atoms with E-state index >= 15 is 0 Å². The summed E-state index contributed by atoms with van der Waals surface area (Å²) in [5.74, 6) is 0.212. The standard InChI is InChI=1S/C24H29FN2O2S/c1-30-23-9-5-2-6-20(23)24(28)27-14-10-18(11-15-27)26-16-12-19(13-17-26)29-22-8-4-3-7-21(22)25/h2-9,18-19H,10-17H2,1H3. The molecule has 0 unspecified atom stereocenters. The number of hydrogen-bond donors (Lipinski definition) is 0. The zero-order chi connectivity index (χ0) is 20.9. The molecule has 2 saturated heterocycles. The van der Waals surface area contributed by atoms with E-state index in [2.05, 4.69) is 4.90 Å². The molecule has 0 saturated carbocycles. The van der Waals surface area contributed by atoms with Crippen molar-refractivity contribution in [1.29, 1.82) is 0 Å². The number of carbonyl (C=O) groups is 1. The lowest BCUT2D eigenvalue weighted by Gasteiger charge is -2.41. The molecule has 30 heavy (non-hydrogen) atoms. The van der Waals surface area contributed by atoms with Gasteiger partial charge in [0.05, 0.1) is 5.56 Å². The van der Waals surface area contributed by atoms with E-state index in [1.54, 1.807) is 30.0 Å². The van der Waals surface area contributed by atoms with Crippen molar-refractivity contribution in [3.8, 4) is 5.75 Å². The Labute approximate surface area is 182 Å². The predicted molar refractivity (Wildman–Crippen MR) is 119 cm³/mol. The van der Waals surface area contributed by atoms with E-state index in [0.717, 1.165) is 62.3 Å². The predicted octanol–water partition coefficient (Wildman–Crippen LogP) is 4.70. The van der Waals surface area contributed by atoms with Crippen LogP contribution in [0.1, 0.15) is 36.0 Å². The average molecular weight is 429 g/mol. The molecule has 2 fully saturated rings. The number of para-hydroxylation sites is 1. The first kappa shape index (κ1) is 21.2. The van der Waals surface area contributed by atoms with Gasteiger partial charge in [-0.3, -0.25) is 9.69 Å². The van der Waals surface area contributed by atoms with Gasteiger partial charge >= 0.3 is 0 Å². The molecule has 0 aromatic heterocycles. The van der Waals surface area contributed by atoms with Crippen LogP contribution in [0.2, 0.25) is 0 Å². The molecule has 0 bridgehead atoms. The second kappa shape index (κ2) is 9.84. The SMILES string of the molecule is CSc1ccccc1C(=O)N1CCC(N2CCC(Oc3ccccc3F)CC2)CC1. The zero-order valence-corrected chi connectivity index (χ0v) is 18.2. The summed E-state index contributed by atoms with van der Waals surface area (Å²) >= 11 is 1.62. The van der Waals surface area contributed by atoms with E-state index in [1.807, 2.05) is 35.4 Å². The molecule has 0 aliphatic carbocycles. The number of carbonyl (C=O) groups excluding carboxylic acids is 1. The van der Waals surface area contributed by atoms with E-state index in [1.165, 1.54) is 6.07 Å². The summed E-state index contributed by atoms with van der Waals surface area (Å²) < 4.78 is 19.7. The van der Waals surface area contributed by atoms with Crippen molar-refractivity contribution in [3.63, 3.8) is 0 Å². The van der Waals surface area contributed by atoms with Gasteiger partial charge in [-0.05, 0) is 56.2 Å². The van der Waals surface area contributed by atoms with E-state index in [9.17, 15) is 9.18 Å². The highest BCUT2D eigenvalue weighted by molar-refractivity contribution is 7.98. The van der Waals surface area contributed by atoms with E-state index in [0.29, 0.717) is 11.8 Å². The fourth-order valence-corrected chi connectivity index (χ4v) is 5.09. The summed E-state index contributed by atoms with van der Waals surface area (Å²) in [6, 6.07) is 15.0. The second-order valence-corrected chi connectivity index (χ2v) is 8.86. The Morgan fingerprint density at radius 2 is 1.63 bits per heavy atom. The van der Waals surface area contributed by atoms with Crippen LogP contribution in [0.15, 0.2) is 53.4 Å². The molecule has 0 atom stereocenters. The molecule has 6 heteroatoms. The molecule has 2 heterocycles. The molecule has 0 N–H and O–H groups in total.